The van der Waals surface area contributed by atoms with Crippen LogP contribution in [0.25, 0.3) is 0 Å². The Morgan fingerprint density at radius 1 is 0.571 bits per heavy atom. The molecule has 3 saturated carbocycles. The van der Waals surface area contributed by atoms with Gasteiger partial charge in [-0.25, -0.2) is 0 Å². The van der Waals surface area contributed by atoms with Gasteiger partial charge >= 0.3 is 387 Å². The standard InChI is InChI=1S/3C10H16O5.2C8H17.2Sn/c3*11-8(12)6-10(15,9(13)14)7-4-2-1-3-5-7;2*1-3-5-7-8-6-4-2;;/h3*7,15H,1-6H2,(H,11,12)(H,13,14);2*1,3-8H2,2H3;;/q;;;;;2*+3/p-6. The molecule has 5 rings (SSSR count). The third kappa shape index (κ3) is 13.9. The third-order valence-corrected chi connectivity index (χ3v) is 28.7. The molecule has 5 atom stereocenters. The van der Waals surface area contributed by atoms with E-state index >= 15 is 0 Å². The maximum absolute atomic E-state index is 14.8. The second-order valence-electron chi connectivity index (χ2n) is 19.3. The molecule has 63 heavy (non-hydrogen) atoms. The van der Waals surface area contributed by atoms with Crippen molar-refractivity contribution in [3.05, 3.63) is 0 Å². The molecule has 5 aliphatic rings. The van der Waals surface area contributed by atoms with E-state index in [1.807, 2.05) is 0 Å². The summed E-state index contributed by atoms with van der Waals surface area (Å²) in [5, 5.41) is 36.2. The first-order valence-corrected chi connectivity index (χ1v) is 35.7. The van der Waals surface area contributed by atoms with Crippen molar-refractivity contribution in [2.75, 3.05) is 0 Å². The molecular weight excluding hydrogens is 1030 g/mol. The average molecular weight is 1110 g/mol. The summed E-state index contributed by atoms with van der Waals surface area (Å²) in [7, 11) is 0. The fraction of sp³-hybridized carbons (Fsp3) is 0.870. The van der Waals surface area contributed by atoms with Crippen molar-refractivity contribution in [1.29, 1.82) is 0 Å². The fourth-order valence-electron chi connectivity index (χ4n) is 10.5. The second kappa shape index (κ2) is 24.4. The molecule has 2 aliphatic heterocycles. The second-order valence-corrected chi connectivity index (χ2v) is 33.4. The molecule has 0 bridgehead atoms. The summed E-state index contributed by atoms with van der Waals surface area (Å²) < 4.78 is 35.9. The van der Waals surface area contributed by atoms with Gasteiger partial charge in [0.2, 0.25) is 0 Å². The molecule has 5 fully saturated rings. The van der Waals surface area contributed by atoms with Crippen molar-refractivity contribution in [3.8, 4) is 0 Å². The maximum atomic E-state index is 14.8. The van der Waals surface area contributed by atoms with Crippen LogP contribution in [-0.2, 0) is 47.2 Å². The first kappa shape index (κ1) is 52.3. The van der Waals surface area contributed by atoms with E-state index in [9.17, 15) is 44.1 Å². The van der Waals surface area contributed by atoms with Crippen molar-refractivity contribution in [1.82, 2.24) is 0 Å². The van der Waals surface area contributed by atoms with E-state index in [1.165, 1.54) is 0 Å². The zero-order valence-electron chi connectivity index (χ0n) is 38.1. The zero-order valence-corrected chi connectivity index (χ0v) is 43.8. The Bertz CT molecular complexity index is 1560. The van der Waals surface area contributed by atoms with E-state index in [4.69, 9.17) is 18.4 Å². The van der Waals surface area contributed by atoms with Crippen molar-refractivity contribution in [2.45, 2.75) is 232 Å². The van der Waals surface area contributed by atoms with Gasteiger partial charge in [0.15, 0.2) is 0 Å². The monoisotopic (exact) mass is 1110 g/mol. The van der Waals surface area contributed by atoms with E-state index < -0.39 is 129 Å². The zero-order chi connectivity index (χ0) is 45.6. The number of carbonyl (C=O) groups excluding carboxylic acids is 6. The number of carbonyl (C=O) groups is 6. The van der Waals surface area contributed by atoms with Crippen LogP contribution in [0.15, 0.2) is 0 Å². The molecule has 3 N–H and O–H groups in total. The van der Waals surface area contributed by atoms with E-state index in [0.29, 0.717) is 77.0 Å². The van der Waals surface area contributed by atoms with Crippen molar-refractivity contribution in [2.24, 2.45) is 17.8 Å². The summed E-state index contributed by atoms with van der Waals surface area (Å²) in [6.45, 7) is 4.19. The number of unbranched alkanes of at least 4 members (excludes halogenated alkanes) is 10. The Morgan fingerprint density at radius 3 is 1.38 bits per heavy atom. The van der Waals surface area contributed by atoms with Gasteiger partial charge in [0, 0.05) is 0 Å². The number of hydrogen-bond donors (Lipinski definition) is 3. The molecule has 3 aliphatic carbocycles. The number of hydrogen-bond acceptors (Lipinski definition) is 15. The quantitative estimate of drug-likeness (QED) is 0.0692. The van der Waals surface area contributed by atoms with Gasteiger partial charge in [-0.05, 0) is 0 Å². The van der Waals surface area contributed by atoms with Crippen molar-refractivity contribution in [3.63, 3.8) is 0 Å². The molecule has 0 aromatic heterocycles. The van der Waals surface area contributed by atoms with Gasteiger partial charge in [-0.1, -0.05) is 0 Å². The Hall–Kier alpha value is -1.70. The van der Waals surface area contributed by atoms with Crippen LogP contribution in [0.4, 0.5) is 0 Å². The molecule has 2 saturated heterocycles. The molecule has 0 aromatic carbocycles. The van der Waals surface area contributed by atoms with Crippen LogP contribution in [-0.4, -0.2) is 107 Å². The van der Waals surface area contributed by atoms with E-state index in [1.54, 1.807) is 0 Å². The normalized spacial score (nSPS) is 30.2. The fourth-order valence-corrected chi connectivity index (χ4v) is 24.4. The molecular formula is C46H76O15Sn2. The van der Waals surface area contributed by atoms with Gasteiger partial charge in [-0.3, -0.25) is 0 Å². The Morgan fingerprint density at radius 2 is 0.952 bits per heavy atom. The summed E-state index contributed by atoms with van der Waals surface area (Å²) in [4.78, 5) is 84.4. The van der Waals surface area contributed by atoms with E-state index in [0.717, 1.165) is 96.3 Å². The molecule has 0 amide bonds. The van der Waals surface area contributed by atoms with Crippen LogP contribution in [0, 0.1) is 17.8 Å². The summed E-state index contributed by atoms with van der Waals surface area (Å²) in [5.41, 5.74) is -6.88. The predicted molar refractivity (Wildman–Crippen MR) is 233 cm³/mol. The Kier molecular flexibility index (Phi) is 20.2. The molecule has 0 spiro atoms. The van der Waals surface area contributed by atoms with Gasteiger partial charge in [0.25, 0.3) is 0 Å². The summed E-state index contributed by atoms with van der Waals surface area (Å²) >= 11 is -11.4. The summed E-state index contributed by atoms with van der Waals surface area (Å²) in [6, 6.07) is 0. The molecule has 0 aromatic rings. The molecule has 2 heterocycles. The first-order chi connectivity index (χ1) is 30.1. The van der Waals surface area contributed by atoms with Gasteiger partial charge in [0.1, 0.15) is 0 Å². The van der Waals surface area contributed by atoms with Crippen molar-refractivity contribution >= 4 is 75.1 Å². The minimum atomic E-state index is -5.74. The van der Waals surface area contributed by atoms with Gasteiger partial charge in [0.05, 0.1) is 0 Å². The topological polar surface area (TPSA) is 218 Å². The molecule has 17 heteroatoms. The minimum absolute atomic E-state index is 0.0370. The van der Waals surface area contributed by atoms with Crippen LogP contribution in [0.2, 0.25) is 8.87 Å². The summed E-state index contributed by atoms with van der Waals surface area (Å²) in [5.74, 6) is -8.27. The Labute approximate surface area is 385 Å². The predicted octanol–water partition coefficient (Wildman–Crippen LogP) is 7.98. The van der Waals surface area contributed by atoms with Crippen LogP contribution in [0.3, 0.4) is 0 Å². The van der Waals surface area contributed by atoms with Gasteiger partial charge in [-0.15, -0.1) is 0 Å². The summed E-state index contributed by atoms with van der Waals surface area (Å²) in [6.07, 6.45) is 17.4. The average Bonchev–Trinajstić information content (AvgIpc) is 3.42. The van der Waals surface area contributed by atoms with Crippen LogP contribution in [0.1, 0.15) is 206 Å². The van der Waals surface area contributed by atoms with Crippen LogP contribution >= 0.6 is 0 Å². The number of aliphatic hydroxyl groups is 3. The van der Waals surface area contributed by atoms with Crippen LogP contribution in [0.5, 0.6) is 0 Å². The molecule has 358 valence electrons. The third-order valence-electron chi connectivity index (χ3n) is 14.4. The van der Waals surface area contributed by atoms with Crippen molar-refractivity contribution < 1.29 is 62.5 Å². The van der Waals surface area contributed by atoms with Gasteiger partial charge < -0.3 is 0 Å². The van der Waals surface area contributed by atoms with E-state index in [-0.39, 0.29) is 8.87 Å². The SMILES string of the molecule is CCCCCCC[CH2][Sn]1([O]C(=O)CC(O)(C(=O)[O][Sn]2([CH2]CCCCCCC)[O]C(=O)CC(O)(C3CCCCC3)C(=O)[O]2)C2CCCCC2)[O]C(=O)CC(O)(C2CCCCC2)C(=O)[O]1. The first-order valence-electron chi connectivity index (χ1n) is 24.7. The molecule has 5 unspecified atom stereocenters. The van der Waals surface area contributed by atoms with Gasteiger partial charge in [-0.2, -0.15) is 0 Å². The van der Waals surface area contributed by atoms with Crippen LogP contribution < -0.4 is 0 Å². The Balaban J connectivity index is 1.43. The molecule has 0 radical (unpaired) electrons. The molecule has 15 nitrogen and oxygen atoms in total. The van der Waals surface area contributed by atoms with E-state index in [2.05, 4.69) is 13.8 Å². The number of rotatable bonds is 22.